The second-order valence-corrected chi connectivity index (χ2v) is 5.34. The second kappa shape index (κ2) is 10.6. The van der Waals surface area contributed by atoms with E-state index in [0.717, 1.165) is 29.9 Å². The molecule has 0 aliphatic rings. The standard InChI is InChI=1S/C23H19FO/c1-2-3-8-19-25-23-17-13-21(14-18-23)10-7-5-4-6-9-20-11-15-22(24)16-12-20/h11-18H,2-3,8,19H2,1H3. The molecule has 0 N–H and O–H groups in total. The first-order valence-electron chi connectivity index (χ1n) is 8.28. The Labute approximate surface area is 149 Å². The lowest BCUT2D eigenvalue weighted by Crippen LogP contribution is -1.96. The normalized spacial score (nSPS) is 8.88. The van der Waals surface area contributed by atoms with Crippen molar-refractivity contribution in [2.24, 2.45) is 0 Å². The Morgan fingerprint density at radius 1 is 0.760 bits per heavy atom. The summed E-state index contributed by atoms with van der Waals surface area (Å²) in [7, 11) is 0. The summed E-state index contributed by atoms with van der Waals surface area (Å²) in [6.45, 7) is 2.92. The zero-order chi connectivity index (χ0) is 17.7. The van der Waals surface area contributed by atoms with Crippen LogP contribution in [0.5, 0.6) is 5.75 Å². The number of rotatable bonds is 5. The van der Waals surface area contributed by atoms with Crippen molar-refractivity contribution in [3.05, 3.63) is 65.5 Å². The van der Waals surface area contributed by atoms with Crippen LogP contribution >= 0.6 is 0 Å². The summed E-state index contributed by atoms with van der Waals surface area (Å²) in [5.41, 5.74) is 1.60. The van der Waals surface area contributed by atoms with E-state index in [-0.39, 0.29) is 5.82 Å². The molecule has 25 heavy (non-hydrogen) atoms. The van der Waals surface area contributed by atoms with Gasteiger partial charge >= 0.3 is 0 Å². The van der Waals surface area contributed by atoms with Crippen molar-refractivity contribution in [3.8, 4) is 41.3 Å². The highest BCUT2D eigenvalue weighted by Gasteiger charge is 1.93. The van der Waals surface area contributed by atoms with Crippen LogP contribution in [0.1, 0.15) is 37.3 Å². The smallest absolute Gasteiger partial charge is 0.123 e. The molecule has 0 fully saturated rings. The van der Waals surface area contributed by atoms with Crippen LogP contribution in [0.15, 0.2) is 48.5 Å². The lowest BCUT2D eigenvalue weighted by atomic mass is 10.2. The van der Waals surface area contributed by atoms with Crippen molar-refractivity contribution in [1.82, 2.24) is 0 Å². The van der Waals surface area contributed by atoms with Crippen LogP contribution in [-0.4, -0.2) is 6.61 Å². The molecule has 1 nitrogen and oxygen atoms in total. The van der Waals surface area contributed by atoms with Crippen LogP contribution in [0.2, 0.25) is 0 Å². The summed E-state index contributed by atoms with van der Waals surface area (Å²) >= 11 is 0. The molecule has 0 radical (unpaired) electrons. The first-order valence-corrected chi connectivity index (χ1v) is 8.28. The minimum Gasteiger partial charge on any atom is -0.494 e. The third kappa shape index (κ3) is 7.30. The number of hydrogen-bond acceptors (Lipinski definition) is 1. The Balaban J connectivity index is 1.84. The molecular formula is C23H19FO. The number of unbranched alkanes of at least 4 members (excludes halogenated alkanes) is 2. The summed E-state index contributed by atoms with van der Waals surface area (Å²) in [6, 6.07) is 13.6. The first-order chi connectivity index (χ1) is 12.3. The number of halogens is 1. The van der Waals surface area contributed by atoms with E-state index in [1.54, 1.807) is 12.1 Å². The third-order valence-electron chi connectivity index (χ3n) is 3.32. The Morgan fingerprint density at radius 2 is 1.32 bits per heavy atom. The second-order valence-electron chi connectivity index (χ2n) is 5.34. The predicted octanol–water partition coefficient (Wildman–Crippen LogP) is 4.80. The van der Waals surface area contributed by atoms with Crippen molar-refractivity contribution in [3.63, 3.8) is 0 Å². The van der Waals surface area contributed by atoms with Gasteiger partial charge in [0.15, 0.2) is 0 Å². The van der Waals surface area contributed by atoms with Gasteiger partial charge in [-0.05, 0) is 78.6 Å². The van der Waals surface area contributed by atoms with E-state index in [2.05, 4.69) is 42.4 Å². The zero-order valence-electron chi connectivity index (χ0n) is 14.2. The average Bonchev–Trinajstić information content (AvgIpc) is 2.64. The summed E-state index contributed by atoms with van der Waals surface area (Å²) in [5, 5.41) is 0. The van der Waals surface area contributed by atoms with E-state index in [9.17, 15) is 4.39 Å². The molecule has 2 aromatic rings. The summed E-state index contributed by atoms with van der Waals surface area (Å²) in [6.07, 6.45) is 3.45. The Hall–Kier alpha value is -3.15. The minimum atomic E-state index is -0.278. The fourth-order valence-corrected chi connectivity index (χ4v) is 1.98. The molecule has 0 saturated carbocycles. The maximum Gasteiger partial charge on any atom is 0.123 e. The van der Waals surface area contributed by atoms with Crippen molar-refractivity contribution in [2.45, 2.75) is 26.2 Å². The molecule has 0 heterocycles. The SMILES string of the molecule is CCCCCOc1ccc(C#CC#CC#Cc2ccc(F)cc2)cc1. The van der Waals surface area contributed by atoms with E-state index in [1.807, 2.05) is 24.3 Å². The van der Waals surface area contributed by atoms with Crippen molar-refractivity contribution < 1.29 is 9.13 Å². The van der Waals surface area contributed by atoms with Crippen LogP contribution < -0.4 is 4.74 Å². The molecule has 0 aliphatic heterocycles. The van der Waals surface area contributed by atoms with Crippen molar-refractivity contribution in [1.29, 1.82) is 0 Å². The molecular weight excluding hydrogens is 311 g/mol. The molecule has 2 rings (SSSR count). The average molecular weight is 330 g/mol. The molecule has 124 valence electrons. The zero-order valence-corrected chi connectivity index (χ0v) is 14.2. The predicted molar refractivity (Wildman–Crippen MR) is 99.4 cm³/mol. The van der Waals surface area contributed by atoms with Gasteiger partial charge in [0, 0.05) is 11.1 Å². The quantitative estimate of drug-likeness (QED) is 0.565. The molecule has 0 atom stereocenters. The van der Waals surface area contributed by atoms with Gasteiger partial charge in [0.1, 0.15) is 11.6 Å². The summed E-state index contributed by atoms with van der Waals surface area (Å²) < 4.78 is 18.4. The van der Waals surface area contributed by atoms with Crippen LogP contribution in [0.3, 0.4) is 0 Å². The van der Waals surface area contributed by atoms with Gasteiger partial charge in [-0.3, -0.25) is 0 Å². The Kier molecular flexibility index (Phi) is 7.71. The molecule has 0 amide bonds. The molecule has 2 aromatic carbocycles. The van der Waals surface area contributed by atoms with Gasteiger partial charge in [-0.25, -0.2) is 4.39 Å². The van der Waals surface area contributed by atoms with Crippen LogP contribution in [0, 0.1) is 41.3 Å². The van der Waals surface area contributed by atoms with E-state index in [0.29, 0.717) is 0 Å². The highest BCUT2D eigenvalue weighted by molar-refractivity contribution is 5.46. The van der Waals surface area contributed by atoms with Gasteiger partial charge in [0.2, 0.25) is 0 Å². The van der Waals surface area contributed by atoms with Crippen LogP contribution in [0.25, 0.3) is 0 Å². The van der Waals surface area contributed by atoms with Crippen LogP contribution in [0.4, 0.5) is 4.39 Å². The lowest BCUT2D eigenvalue weighted by molar-refractivity contribution is 0.306. The molecule has 0 unspecified atom stereocenters. The number of ether oxygens (including phenoxy) is 1. The molecule has 0 saturated heterocycles. The van der Waals surface area contributed by atoms with E-state index in [1.165, 1.54) is 25.0 Å². The number of hydrogen-bond donors (Lipinski definition) is 0. The van der Waals surface area contributed by atoms with Crippen LogP contribution in [-0.2, 0) is 0 Å². The lowest BCUT2D eigenvalue weighted by Gasteiger charge is -2.05. The molecule has 0 aromatic heterocycles. The maximum absolute atomic E-state index is 12.8. The molecule has 0 aliphatic carbocycles. The van der Waals surface area contributed by atoms with Gasteiger partial charge in [0.25, 0.3) is 0 Å². The largest absolute Gasteiger partial charge is 0.494 e. The highest BCUT2D eigenvalue weighted by Crippen LogP contribution is 2.12. The third-order valence-corrected chi connectivity index (χ3v) is 3.32. The Bertz CT molecular complexity index is 845. The summed E-state index contributed by atoms with van der Waals surface area (Å²) in [4.78, 5) is 0. The number of benzene rings is 2. The first kappa shape index (κ1) is 18.2. The van der Waals surface area contributed by atoms with Gasteiger partial charge < -0.3 is 4.74 Å². The highest BCUT2D eigenvalue weighted by atomic mass is 19.1. The fourth-order valence-electron chi connectivity index (χ4n) is 1.98. The van der Waals surface area contributed by atoms with Gasteiger partial charge in [0.05, 0.1) is 6.61 Å². The fraction of sp³-hybridized carbons (Fsp3) is 0.217. The molecule has 0 bridgehead atoms. The summed E-state index contributed by atoms with van der Waals surface area (Å²) in [5.74, 6) is 17.2. The van der Waals surface area contributed by atoms with Gasteiger partial charge in [-0.1, -0.05) is 31.6 Å². The minimum absolute atomic E-state index is 0.278. The van der Waals surface area contributed by atoms with Gasteiger partial charge in [-0.2, -0.15) is 0 Å². The topological polar surface area (TPSA) is 9.23 Å². The molecule has 0 spiro atoms. The molecule has 2 heteroatoms. The van der Waals surface area contributed by atoms with Gasteiger partial charge in [-0.15, -0.1) is 0 Å². The van der Waals surface area contributed by atoms with E-state index < -0.39 is 0 Å². The van der Waals surface area contributed by atoms with Crippen molar-refractivity contribution in [2.75, 3.05) is 6.61 Å². The maximum atomic E-state index is 12.8. The van der Waals surface area contributed by atoms with E-state index in [4.69, 9.17) is 4.74 Å². The van der Waals surface area contributed by atoms with E-state index >= 15 is 0 Å². The van der Waals surface area contributed by atoms with Crippen molar-refractivity contribution >= 4 is 0 Å². The Morgan fingerprint density at radius 3 is 1.88 bits per heavy atom. The monoisotopic (exact) mass is 330 g/mol.